The van der Waals surface area contributed by atoms with E-state index in [1.54, 1.807) is 11.3 Å². The van der Waals surface area contributed by atoms with Crippen LogP contribution in [0.15, 0.2) is 11.1 Å². The molecule has 130 valence electrons. The maximum atomic E-state index is 13.0. The molecule has 1 aliphatic carbocycles. The summed E-state index contributed by atoms with van der Waals surface area (Å²) in [5, 5.41) is 0.714. The number of hydrogen-bond donors (Lipinski definition) is 0. The quantitative estimate of drug-likeness (QED) is 0.776. The molecule has 24 heavy (non-hydrogen) atoms. The Morgan fingerprint density at radius 3 is 3.00 bits per heavy atom. The highest BCUT2D eigenvalue weighted by Gasteiger charge is 2.26. The topological polar surface area (TPSA) is 61.2 Å². The Labute approximate surface area is 145 Å². The third kappa shape index (κ3) is 2.99. The molecular weight excluding hydrogens is 324 g/mol. The lowest BCUT2D eigenvalue weighted by molar-refractivity contribution is -0.147. The van der Waals surface area contributed by atoms with Gasteiger partial charge in [-0.1, -0.05) is 20.8 Å². The van der Waals surface area contributed by atoms with E-state index in [0.717, 1.165) is 36.1 Å². The molecule has 0 bridgehead atoms. The van der Waals surface area contributed by atoms with Crippen LogP contribution in [0.1, 0.15) is 56.5 Å². The molecule has 0 saturated heterocycles. The number of ether oxygens (including phenoxy) is 1. The minimum absolute atomic E-state index is 0.104. The van der Waals surface area contributed by atoms with E-state index in [0.29, 0.717) is 24.3 Å². The van der Waals surface area contributed by atoms with E-state index in [1.165, 1.54) is 15.8 Å². The number of aryl methyl sites for hydroxylation is 1. The highest BCUT2D eigenvalue weighted by molar-refractivity contribution is 7.18. The highest BCUT2D eigenvalue weighted by Crippen LogP contribution is 2.35. The minimum Gasteiger partial charge on any atom is -0.464 e. The van der Waals surface area contributed by atoms with Crippen LogP contribution < -0.4 is 5.56 Å². The molecule has 2 aromatic rings. The monoisotopic (exact) mass is 348 g/mol. The summed E-state index contributed by atoms with van der Waals surface area (Å²) >= 11 is 1.63. The molecule has 0 aromatic carbocycles. The number of carbonyl (C=O) groups is 1. The first kappa shape index (κ1) is 17.1. The largest absolute Gasteiger partial charge is 0.464 e. The Bertz CT molecular complexity index is 808. The third-order valence-corrected chi connectivity index (χ3v) is 5.85. The molecule has 2 heterocycles. The lowest BCUT2D eigenvalue weighted by Gasteiger charge is -2.18. The molecule has 2 aromatic heterocycles. The lowest BCUT2D eigenvalue weighted by Crippen LogP contribution is -2.31. The third-order valence-electron chi connectivity index (χ3n) is 4.68. The van der Waals surface area contributed by atoms with E-state index in [-0.39, 0.29) is 11.5 Å². The smallest absolute Gasteiger partial charge is 0.329 e. The number of carbonyl (C=O) groups excluding carboxylic acids is 1. The van der Waals surface area contributed by atoms with Crippen molar-refractivity contribution in [3.05, 3.63) is 27.1 Å². The van der Waals surface area contributed by atoms with Crippen LogP contribution in [0, 0.1) is 5.92 Å². The van der Waals surface area contributed by atoms with Crippen LogP contribution >= 0.6 is 11.3 Å². The molecule has 0 amide bonds. The summed E-state index contributed by atoms with van der Waals surface area (Å²) in [6.07, 6.45) is 5.84. The van der Waals surface area contributed by atoms with Crippen LogP contribution in [0.5, 0.6) is 0 Å². The SMILES string of the molecule is CCCOC(=O)[C@@H](CC)n1cnc2sc3c(c2c1=O)CC[C@@H](C)C3. The van der Waals surface area contributed by atoms with Gasteiger partial charge in [0, 0.05) is 4.88 Å². The number of fused-ring (bicyclic) bond motifs is 3. The predicted molar refractivity (Wildman–Crippen MR) is 95.6 cm³/mol. The molecule has 0 saturated carbocycles. The van der Waals surface area contributed by atoms with Gasteiger partial charge >= 0.3 is 5.97 Å². The second kappa shape index (κ2) is 7.05. The Morgan fingerprint density at radius 2 is 2.29 bits per heavy atom. The molecule has 1 aliphatic rings. The molecule has 3 rings (SSSR count). The van der Waals surface area contributed by atoms with Gasteiger partial charge in [-0.15, -0.1) is 11.3 Å². The molecule has 0 aliphatic heterocycles. The summed E-state index contributed by atoms with van der Waals surface area (Å²) in [6.45, 7) is 6.47. The van der Waals surface area contributed by atoms with Crippen molar-refractivity contribution in [2.45, 2.75) is 58.9 Å². The fraction of sp³-hybridized carbons (Fsp3) is 0.611. The first-order valence-corrected chi connectivity index (χ1v) is 9.56. The Morgan fingerprint density at radius 1 is 1.50 bits per heavy atom. The zero-order valence-corrected chi connectivity index (χ0v) is 15.3. The molecule has 0 fully saturated rings. The van der Waals surface area contributed by atoms with Crippen LogP contribution in [-0.2, 0) is 22.4 Å². The number of esters is 1. The van der Waals surface area contributed by atoms with Gasteiger partial charge in [0.15, 0.2) is 0 Å². The van der Waals surface area contributed by atoms with Crippen LogP contribution in [0.2, 0.25) is 0 Å². The Balaban J connectivity index is 2.05. The lowest BCUT2D eigenvalue weighted by atomic mass is 9.89. The van der Waals surface area contributed by atoms with Crippen molar-refractivity contribution in [1.82, 2.24) is 9.55 Å². The van der Waals surface area contributed by atoms with Gasteiger partial charge in [0.25, 0.3) is 5.56 Å². The van der Waals surface area contributed by atoms with Gasteiger partial charge in [-0.05, 0) is 43.6 Å². The van der Waals surface area contributed by atoms with Gasteiger partial charge in [0.2, 0.25) is 0 Å². The molecule has 6 heteroatoms. The predicted octanol–water partition coefficient (Wildman–Crippen LogP) is 3.49. The summed E-state index contributed by atoms with van der Waals surface area (Å²) in [6, 6.07) is -0.598. The number of nitrogens with zero attached hydrogens (tertiary/aromatic N) is 2. The molecule has 5 nitrogen and oxygen atoms in total. The standard InChI is InChI=1S/C18H24N2O3S/c1-4-8-23-18(22)13(5-2)20-10-19-16-15(17(20)21)12-7-6-11(3)9-14(12)24-16/h10-11,13H,4-9H2,1-3H3/t11-,13-/m1/s1. The van der Waals surface area contributed by atoms with Crippen molar-refractivity contribution in [3.63, 3.8) is 0 Å². The van der Waals surface area contributed by atoms with Crippen molar-refractivity contribution in [2.75, 3.05) is 6.61 Å². The zero-order chi connectivity index (χ0) is 17.3. The summed E-state index contributed by atoms with van der Waals surface area (Å²) < 4.78 is 6.71. The van der Waals surface area contributed by atoms with E-state index < -0.39 is 6.04 Å². The van der Waals surface area contributed by atoms with Gasteiger partial charge < -0.3 is 4.74 Å². The fourth-order valence-corrected chi connectivity index (χ4v) is 4.68. The van der Waals surface area contributed by atoms with E-state index in [1.807, 2.05) is 13.8 Å². The number of hydrogen-bond acceptors (Lipinski definition) is 5. The molecule has 0 unspecified atom stereocenters. The number of rotatable bonds is 5. The zero-order valence-electron chi connectivity index (χ0n) is 14.5. The van der Waals surface area contributed by atoms with E-state index in [4.69, 9.17) is 4.74 Å². The summed E-state index contributed by atoms with van der Waals surface area (Å²) in [5.74, 6) is 0.306. The van der Waals surface area contributed by atoms with E-state index in [2.05, 4.69) is 11.9 Å². The molecule has 0 radical (unpaired) electrons. The molecule has 0 spiro atoms. The summed E-state index contributed by atoms with van der Waals surface area (Å²) in [5.41, 5.74) is 1.05. The Hall–Kier alpha value is -1.69. The second-order valence-corrected chi connectivity index (χ2v) is 7.66. The molecular formula is C18H24N2O3S. The summed E-state index contributed by atoms with van der Waals surface area (Å²) in [7, 11) is 0. The number of aromatic nitrogens is 2. The van der Waals surface area contributed by atoms with Crippen LogP contribution in [-0.4, -0.2) is 22.1 Å². The van der Waals surface area contributed by atoms with E-state index in [9.17, 15) is 9.59 Å². The second-order valence-electron chi connectivity index (χ2n) is 6.58. The normalized spacial score (nSPS) is 18.4. The van der Waals surface area contributed by atoms with Crippen molar-refractivity contribution in [2.24, 2.45) is 5.92 Å². The van der Waals surface area contributed by atoms with Crippen LogP contribution in [0.25, 0.3) is 10.2 Å². The van der Waals surface area contributed by atoms with Crippen molar-refractivity contribution < 1.29 is 9.53 Å². The van der Waals surface area contributed by atoms with E-state index >= 15 is 0 Å². The average Bonchev–Trinajstić information content (AvgIpc) is 2.93. The first-order chi connectivity index (χ1) is 11.6. The minimum atomic E-state index is -0.598. The van der Waals surface area contributed by atoms with Crippen LogP contribution in [0.4, 0.5) is 0 Å². The number of thiophene rings is 1. The maximum absolute atomic E-state index is 13.0. The molecule has 2 atom stereocenters. The van der Waals surface area contributed by atoms with Gasteiger partial charge in [-0.25, -0.2) is 9.78 Å². The Kier molecular flexibility index (Phi) is 5.04. The fourth-order valence-electron chi connectivity index (χ4n) is 3.34. The average molecular weight is 348 g/mol. The summed E-state index contributed by atoms with van der Waals surface area (Å²) in [4.78, 5) is 31.9. The van der Waals surface area contributed by atoms with Crippen molar-refractivity contribution in [3.8, 4) is 0 Å². The van der Waals surface area contributed by atoms with Crippen molar-refractivity contribution in [1.29, 1.82) is 0 Å². The highest BCUT2D eigenvalue weighted by atomic mass is 32.1. The van der Waals surface area contributed by atoms with Crippen molar-refractivity contribution >= 4 is 27.5 Å². The van der Waals surface area contributed by atoms with Gasteiger partial charge in [0.05, 0.1) is 18.3 Å². The van der Waals surface area contributed by atoms with Gasteiger partial charge in [-0.3, -0.25) is 9.36 Å². The van der Waals surface area contributed by atoms with Gasteiger partial charge in [-0.2, -0.15) is 0 Å². The van der Waals surface area contributed by atoms with Gasteiger partial charge in [0.1, 0.15) is 10.9 Å². The maximum Gasteiger partial charge on any atom is 0.329 e. The first-order valence-electron chi connectivity index (χ1n) is 8.74. The van der Waals surface area contributed by atoms with Crippen LogP contribution in [0.3, 0.4) is 0 Å². The molecule has 0 N–H and O–H groups in total.